The minimum atomic E-state index is -0.549. The van der Waals surface area contributed by atoms with Crippen LogP contribution in [0.5, 0.6) is 0 Å². The minimum Gasteiger partial charge on any atom is -0.444 e. The van der Waals surface area contributed by atoms with Crippen LogP contribution in [0, 0.1) is 0 Å². The van der Waals surface area contributed by atoms with Gasteiger partial charge in [-0.2, -0.15) is 0 Å². The maximum absolute atomic E-state index is 11.2. The van der Waals surface area contributed by atoms with E-state index in [1.807, 2.05) is 0 Å². The molecule has 0 bridgehead atoms. The zero-order valence-corrected chi connectivity index (χ0v) is 8.57. The first-order chi connectivity index (χ1) is 6.37. The number of hydrogen-bond donors (Lipinski definition) is 1. The van der Waals surface area contributed by atoms with E-state index in [2.05, 4.69) is 10.3 Å². The summed E-state index contributed by atoms with van der Waals surface area (Å²) in [5, 5.41) is 4.36. The van der Waals surface area contributed by atoms with Crippen molar-refractivity contribution in [2.75, 3.05) is 5.32 Å². The highest BCUT2D eigenvalue weighted by Crippen LogP contribution is 2.13. The summed E-state index contributed by atoms with van der Waals surface area (Å²) in [6, 6.07) is 0. The average Bonchev–Trinajstić information content (AvgIpc) is 2.30. The Balaban J connectivity index is 2.50. The Morgan fingerprint density at radius 3 is 2.92 bits per heavy atom. The number of thiazole rings is 1. The molecule has 5 heteroatoms. The molecule has 1 aromatic rings. The lowest BCUT2D eigenvalue weighted by Crippen LogP contribution is -2.27. The van der Waals surface area contributed by atoms with Crippen LogP contribution in [0.15, 0.2) is 11.6 Å². The van der Waals surface area contributed by atoms with E-state index in [9.17, 15) is 4.79 Å². The zero-order valence-electron chi connectivity index (χ0n) is 8.75. The standard InChI is InChI=1S/C8H12N2O2S/c1-8(2,3)12-7(11)10-6-9-4-5-13-6/h4-5H,1-3H3,(H,9,10,11)/i4D. The maximum Gasteiger partial charge on any atom is 0.413 e. The molecule has 0 aromatic carbocycles. The van der Waals surface area contributed by atoms with Gasteiger partial charge in [-0.25, -0.2) is 9.78 Å². The smallest absolute Gasteiger partial charge is 0.413 e. The summed E-state index contributed by atoms with van der Waals surface area (Å²) in [7, 11) is 0. The molecule has 0 atom stereocenters. The molecular weight excluding hydrogens is 188 g/mol. The van der Waals surface area contributed by atoms with Crippen LogP contribution < -0.4 is 5.32 Å². The van der Waals surface area contributed by atoms with Crippen LogP contribution in [-0.2, 0) is 4.74 Å². The SMILES string of the molecule is [2H]c1csc(NC(=O)OC(C)(C)C)n1. The molecule has 4 nitrogen and oxygen atoms in total. The highest BCUT2D eigenvalue weighted by Gasteiger charge is 2.16. The molecule has 0 aliphatic heterocycles. The van der Waals surface area contributed by atoms with Gasteiger partial charge in [-0.1, -0.05) is 0 Å². The van der Waals surface area contributed by atoms with Gasteiger partial charge in [0.2, 0.25) is 0 Å². The van der Waals surface area contributed by atoms with Crippen molar-refractivity contribution in [3.63, 3.8) is 0 Å². The van der Waals surface area contributed by atoms with Crippen molar-refractivity contribution in [3.05, 3.63) is 11.6 Å². The number of nitrogens with zero attached hydrogens (tertiary/aromatic N) is 1. The predicted octanol–water partition coefficient (Wildman–Crippen LogP) is 2.49. The zero-order chi connectivity index (χ0) is 10.8. The summed E-state index contributed by atoms with van der Waals surface area (Å²) >= 11 is 1.19. The summed E-state index contributed by atoms with van der Waals surface area (Å²) in [5.74, 6) is 0. The van der Waals surface area contributed by atoms with E-state index < -0.39 is 11.7 Å². The van der Waals surface area contributed by atoms with Gasteiger partial charge in [0.1, 0.15) is 5.60 Å². The molecule has 0 unspecified atom stereocenters. The Kier molecular flexibility index (Phi) is 2.44. The quantitative estimate of drug-likeness (QED) is 0.759. The summed E-state index contributed by atoms with van der Waals surface area (Å²) < 4.78 is 12.2. The molecule has 1 amide bonds. The lowest BCUT2D eigenvalue weighted by atomic mass is 10.2. The van der Waals surface area contributed by atoms with Gasteiger partial charge < -0.3 is 4.74 Å². The molecule has 1 rings (SSSR count). The molecule has 0 aliphatic carbocycles. The second-order valence-electron chi connectivity index (χ2n) is 3.41. The van der Waals surface area contributed by atoms with Crippen molar-refractivity contribution in [1.29, 1.82) is 0 Å². The van der Waals surface area contributed by atoms with Crippen LogP contribution >= 0.6 is 11.3 Å². The van der Waals surface area contributed by atoms with Gasteiger partial charge in [-0.3, -0.25) is 5.32 Å². The highest BCUT2D eigenvalue weighted by atomic mass is 32.1. The third-order valence-electron chi connectivity index (χ3n) is 0.997. The normalized spacial score (nSPS) is 12.1. The molecule has 0 saturated carbocycles. The number of carbonyl (C=O) groups excluding carboxylic acids is 1. The highest BCUT2D eigenvalue weighted by molar-refractivity contribution is 7.13. The van der Waals surface area contributed by atoms with Gasteiger partial charge in [0.25, 0.3) is 0 Å². The summed E-state index contributed by atoms with van der Waals surface area (Å²) in [5.41, 5.74) is -0.523. The van der Waals surface area contributed by atoms with Crippen LogP contribution in [0.2, 0.25) is 0 Å². The van der Waals surface area contributed by atoms with Gasteiger partial charge in [0, 0.05) is 11.6 Å². The van der Waals surface area contributed by atoms with Crippen molar-refractivity contribution in [1.82, 2.24) is 4.98 Å². The van der Waals surface area contributed by atoms with Crippen molar-refractivity contribution >= 4 is 22.6 Å². The maximum atomic E-state index is 11.2. The van der Waals surface area contributed by atoms with E-state index in [-0.39, 0.29) is 6.17 Å². The Bertz CT molecular complexity index is 332. The van der Waals surface area contributed by atoms with Gasteiger partial charge in [-0.05, 0) is 20.8 Å². The predicted molar refractivity (Wildman–Crippen MR) is 52.0 cm³/mol. The van der Waals surface area contributed by atoms with Crippen LogP contribution in [0.1, 0.15) is 22.1 Å². The van der Waals surface area contributed by atoms with Gasteiger partial charge in [0.05, 0.1) is 1.37 Å². The van der Waals surface area contributed by atoms with Crippen molar-refractivity contribution < 1.29 is 10.9 Å². The lowest BCUT2D eigenvalue weighted by Gasteiger charge is -2.18. The largest absolute Gasteiger partial charge is 0.444 e. The van der Waals surface area contributed by atoms with Crippen LogP contribution in [-0.4, -0.2) is 16.7 Å². The Morgan fingerprint density at radius 2 is 2.46 bits per heavy atom. The van der Waals surface area contributed by atoms with Gasteiger partial charge >= 0.3 is 6.09 Å². The third kappa shape index (κ3) is 3.89. The Labute approximate surface area is 82.3 Å². The third-order valence-corrected chi connectivity index (χ3v) is 1.64. The number of amides is 1. The first-order valence-electron chi connectivity index (χ1n) is 4.29. The number of nitrogens with one attached hydrogen (secondary N) is 1. The molecule has 0 saturated heterocycles. The fourth-order valence-electron chi connectivity index (χ4n) is 0.642. The monoisotopic (exact) mass is 201 g/mol. The molecule has 1 heterocycles. The molecule has 0 spiro atoms. The van der Waals surface area contributed by atoms with Crippen molar-refractivity contribution in [2.45, 2.75) is 26.4 Å². The number of carbonyl (C=O) groups is 1. The van der Waals surface area contributed by atoms with E-state index in [0.717, 1.165) is 0 Å². The molecule has 72 valence electrons. The molecule has 0 aliphatic rings. The summed E-state index contributed by atoms with van der Waals surface area (Å²) in [6.07, 6.45) is -0.409. The van der Waals surface area contributed by atoms with E-state index in [1.165, 1.54) is 16.7 Å². The molecule has 13 heavy (non-hydrogen) atoms. The second kappa shape index (κ2) is 3.74. The van der Waals surface area contributed by atoms with E-state index in [0.29, 0.717) is 5.13 Å². The summed E-state index contributed by atoms with van der Waals surface area (Å²) in [4.78, 5) is 15.0. The molecule has 1 N–H and O–H groups in total. The van der Waals surface area contributed by atoms with Crippen LogP contribution in [0.25, 0.3) is 0 Å². The van der Waals surface area contributed by atoms with Crippen molar-refractivity contribution in [2.24, 2.45) is 0 Å². The molecular formula is C8H12N2O2S. The van der Waals surface area contributed by atoms with E-state index in [1.54, 1.807) is 20.8 Å². The van der Waals surface area contributed by atoms with Gasteiger partial charge in [0.15, 0.2) is 5.13 Å². The van der Waals surface area contributed by atoms with Crippen LogP contribution in [0.4, 0.5) is 9.93 Å². The lowest BCUT2D eigenvalue weighted by molar-refractivity contribution is 0.0636. The number of aromatic nitrogens is 1. The van der Waals surface area contributed by atoms with E-state index >= 15 is 0 Å². The molecule has 0 radical (unpaired) electrons. The number of rotatable bonds is 1. The Hall–Kier alpha value is -1.10. The average molecular weight is 201 g/mol. The van der Waals surface area contributed by atoms with Crippen molar-refractivity contribution in [3.8, 4) is 0 Å². The first kappa shape index (κ1) is 8.50. The number of ether oxygens (including phenoxy) is 1. The number of anilines is 1. The van der Waals surface area contributed by atoms with Crippen LogP contribution in [0.3, 0.4) is 0 Å². The summed E-state index contributed by atoms with van der Waals surface area (Å²) in [6.45, 7) is 5.35. The van der Waals surface area contributed by atoms with E-state index in [4.69, 9.17) is 6.11 Å². The molecule has 0 fully saturated rings. The minimum absolute atomic E-state index is 0.140. The first-order valence-corrected chi connectivity index (χ1v) is 4.67. The topological polar surface area (TPSA) is 51.2 Å². The fourth-order valence-corrected chi connectivity index (χ4v) is 1.11. The fraction of sp³-hybridized carbons (Fsp3) is 0.500. The Morgan fingerprint density at radius 1 is 1.77 bits per heavy atom. The van der Waals surface area contributed by atoms with Gasteiger partial charge in [-0.15, -0.1) is 11.3 Å². The number of hydrogen-bond acceptors (Lipinski definition) is 4. The second-order valence-corrected chi connectivity index (χ2v) is 4.27. The molecule has 1 aromatic heterocycles.